The third-order valence-electron chi connectivity index (χ3n) is 3.44. The molecule has 1 aliphatic rings. The van der Waals surface area contributed by atoms with Gasteiger partial charge in [-0.05, 0) is 11.0 Å². The fourth-order valence-corrected chi connectivity index (χ4v) is 3.52. The van der Waals surface area contributed by atoms with E-state index in [0.717, 1.165) is 31.7 Å². The van der Waals surface area contributed by atoms with Gasteiger partial charge in [-0.15, -0.1) is 0 Å². The maximum Gasteiger partial charge on any atom is 0.324 e. The smallest absolute Gasteiger partial charge is 0.314 e. The lowest BCUT2D eigenvalue weighted by molar-refractivity contribution is -0.380. The first-order chi connectivity index (χ1) is 8.89. The number of hydrogen-bond donors (Lipinski definition) is 1. The fourth-order valence-electron chi connectivity index (χ4n) is 2.78. The SMILES string of the molecule is CC(C)(C)[C@@H](c1csc([N+](=O)[O-])c1)N1CCNCC1. The monoisotopic (exact) mass is 283 g/mol. The van der Waals surface area contributed by atoms with E-state index in [9.17, 15) is 10.1 Å². The van der Waals surface area contributed by atoms with E-state index in [0.29, 0.717) is 0 Å². The summed E-state index contributed by atoms with van der Waals surface area (Å²) >= 11 is 1.22. The second-order valence-electron chi connectivity index (χ2n) is 6.03. The number of thiophene rings is 1. The van der Waals surface area contributed by atoms with Crippen LogP contribution in [0.3, 0.4) is 0 Å². The van der Waals surface area contributed by atoms with Crippen LogP contribution in [0.25, 0.3) is 0 Å². The second-order valence-corrected chi connectivity index (χ2v) is 6.92. The molecule has 0 saturated carbocycles. The molecular formula is C13H21N3O2S. The molecule has 1 saturated heterocycles. The van der Waals surface area contributed by atoms with Gasteiger partial charge in [-0.1, -0.05) is 32.1 Å². The van der Waals surface area contributed by atoms with E-state index in [1.165, 1.54) is 11.3 Å². The molecule has 0 amide bonds. The van der Waals surface area contributed by atoms with E-state index in [1.807, 2.05) is 5.38 Å². The highest BCUT2D eigenvalue weighted by Crippen LogP contribution is 2.41. The van der Waals surface area contributed by atoms with Crippen molar-refractivity contribution in [3.63, 3.8) is 0 Å². The van der Waals surface area contributed by atoms with Crippen LogP contribution in [0.1, 0.15) is 32.4 Å². The molecule has 106 valence electrons. The van der Waals surface area contributed by atoms with E-state index in [1.54, 1.807) is 6.07 Å². The first-order valence-electron chi connectivity index (χ1n) is 6.57. The Kier molecular flexibility index (Phi) is 4.23. The highest BCUT2D eigenvalue weighted by atomic mass is 32.1. The van der Waals surface area contributed by atoms with Gasteiger partial charge in [0.15, 0.2) is 0 Å². The molecule has 0 unspecified atom stereocenters. The van der Waals surface area contributed by atoms with Crippen LogP contribution in [0, 0.1) is 15.5 Å². The normalized spacial score (nSPS) is 19.3. The maximum atomic E-state index is 10.9. The van der Waals surface area contributed by atoms with Gasteiger partial charge in [-0.3, -0.25) is 15.0 Å². The first kappa shape index (κ1) is 14.4. The molecule has 1 fully saturated rings. The van der Waals surface area contributed by atoms with Crippen LogP contribution in [0.15, 0.2) is 11.4 Å². The molecule has 0 bridgehead atoms. The average Bonchev–Trinajstić information content (AvgIpc) is 2.78. The highest BCUT2D eigenvalue weighted by molar-refractivity contribution is 7.13. The molecule has 2 heterocycles. The molecule has 5 nitrogen and oxygen atoms in total. The lowest BCUT2D eigenvalue weighted by atomic mass is 9.82. The molecule has 2 rings (SSSR count). The molecule has 19 heavy (non-hydrogen) atoms. The van der Waals surface area contributed by atoms with Crippen LogP contribution < -0.4 is 5.32 Å². The lowest BCUT2D eigenvalue weighted by Gasteiger charge is -2.42. The predicted molar refractivity (Wildman–Crippen MR) is 77.6 cm³/mol. The Morgan fingerprint density at radius 2 is 2.05 bits per heavy atom. The van der Waals surface area contributed by atoms with Crippen LogP contribution in [0.2, 0.25) is 0 Å². The minimum atomic E-state index is -0.300. The van der Waals surface area contributed by atoms with Gasteiger partial charge < -0.3 is 5.32 Å². The predicted octanol–water partition coefficient (Wildman–Crippen LogP) is 2.65. The molecule has 1 N–H and O–H groups in total. The van der Waals surface area contributed by atoms with E-state index < -0.39 is 0 Å². The van der Waals surface area contributed by atoms with Gasteiger partial charge in [-0.25, -0.2) is 0 Å². The topological polar surface area (TPSA) is 58.4 Å². The third-order valence-corrected chi connectivity index (χ3v) is 4.34. The van der Waals surface area contributed by atoms with Crippen LogP contribution in [-0.2, 0) is 0 Å². The van der Waals surface area contributed by atoms with E-state index >= 15 is 0 Å². The summed E-state index contributed by atoms with van der Waals surface area (Å²) in [5, 5.41) is 16.4. The minimum absolute atomic E-state index is 0.0618. The summed E-state index contributed by atoms with van der Waals surface area (Å²) in [6.45, 7) is 10.5. The van der Waals surface area contributed by atoms with Crippen LogP contribution in [0.5, 0.6) is 0 Å². The summed E-state index contributed by atoms with van der Waals surface area (Å²) in [5.74, 6) is 0. The first-order valence-corrected chi connectivity index (χ1v) is 7.45. The number of rotatable bonds is 3. The van der Waals surface area contributed by atoms with Crippen molar-refractivity contribution in [2.45, 2.75) is 26.8 Å². The van der Waals surface area contributed by atoms with Crippen molar-refractivity contribution in [1.82, 2.24) is 10.2 Å². The Morgan fingerprint density at radius 1 is 1.42 bits per heavy atom. The number of hydrogen-bond acceptors (Lipinski definition) is 5. The van der Waals surface area contributed by atoms with E-state index in [4.69, 9.17) is 0 Å². The van der Waals surface area contributed by atoms with Gasteiger partial charge in [-0.2, -0.15) is 0 Å². The molecular weight excluding hydrogens is 262 g/mol. The highest BCUT2D eigenvalue weighted by Gasteiger charge is 2.34. The fraction of sp³-hybridized carbons (Fsp3) is 0.692. The number of nitrogens with zero attached hydrogens (tertiary/aromatic N) is 2. The summed E-state index contributed by atoms with van der Waals surface area (Å²) < 4.78 is 0. The Labute approximate surface area is 117 Å². The number of nitrogens with one attached hydrogen (secondary N) is 1. The molecule has 1 aromatic rings. The molecule has 1 atom stereocenters. The van der Waals surface area contributed by atoms with Crippen molar-refractivity contribution in [2.24, 2.45) is 5.41 Å². The summed E-state index contributed by atoms with van der Waals surface area (Å²) in [7, 11) is 0. The zero-order chi connectivity index (χ0) is 14.0. The van der Waals surface area contributed by atoms with Crippen molar-refractivity contribution in [2.75, 3.05) is 26.2 Å². The van der Waals surface area contributed by atoms with Gasteiger partial charge in [0.1, 0.15) is 0 Å². The molecule has 0 aliphatic carbocycles. The summed E-state index contributed by atoms with van der Waals surface area (Å²) in [6.07, 6.45) is 0. The zero-order valence-corrected chi connectivity index (χ0v) is 12.5. The van der Waals surface area contributed by atoms with Gasteiger partial charge in [0.2, 0.25) is 0 Å². The number of piperazine rings is 1. The van der Waals surface area contributed by atoms with Crippen LogP contribution in [0.4, 0.5) is 5.00 Å². The van der Waals surface area contributed by atoms with E-state index in [2.05, 4.69) is 31.0 Å². The third kappa shape index (κ3) is 3.32. The van der Waals surface area contributed by atoms with E-state index in [-0.39, 0.29) is 21.4 Å². The van der Waals surface area contributed by atoms with Gasteiger partial charge in [0.05, 0.1) is 4.92 Å². The lowest BCUT2D eigenvalue weighted by Crippen LogP contribution is -2.48. The van der Waals surface area contributed by atoms with Gasteiger partial charge >= 0.3 is 5.00 Å². The van der Waals surface area contributed by atoms with Crippen molar-refractivity contribution in [3.8, 4) is 0 Å². The van der Waals surface area contributed by atoms with Gasteiger partial charge in [0, 0.05) is 43.7 Å². The molecule has 6 heteroatoms. The maximum absolute atomic E-state index is 10.9. The number of nitro groups is 1. The Balaban J connectivity index is 2.28. The Morgan fingerprint density at radius 3 is 2.53 bits per heavy atom. The van der Waals surface area contributed by atoms with Crippen molar-refractivity contribution in [1.29, 1.82) is 0 Å². The molecule has 0 aromatic carbocycles. The Bertz CT molecular complexity index is 447. The van der Waals surface area contributed by atoms with Crippen molar-refractivity contribution in [3.05, 3.63) is 27.1 Å². The quantitative estimate of drug-likeness (QED) is 0.684. The van der Waals surface area contributed by atoms with Gasteiger partial charge in [0.25, 0.3) is 0 Å². The molecule has 0 spiro atoms. The van der Waals surface area contributed by atoms with Crippen LogP contribution >= 0.6 is 11.3 Å². The van der Waals surface area contributed by atoms with Crippen LogP contribution in [-0.4, -0.2) is 36.0 Å². The standard InChI is InChI=1S/C13H21N3O2S/c1-13(2,3)12(15-6-4-14-5-7-15)10-8-11(16(17)18)19-9-10/h8-9,12,14H,4-7H2,1-3H3/t12-/m1/s1. The minimum Gasteiger partial charge on any atom is -0.314 e. The second kappa shape index (κ2) is 5.56. The zero-order valence-electron chi connectivity index (χ0n) is 11.7. The molecule has 1 aliphatic heterocycles. The van der Waals surface area contributed by atoms with Crippen molar-refractivity contribution < 1.29 is 4.92 Å². The Hall–Kier alpha value is -0.980. The molecule has 1 aromatic heterocycles. The largest absolute Gasteiger partial charge is 0.324 e. The summed E-state index contributed by atoms with van der Waals surface area (Å²) in [6, 6.07) is 1.97. The average molecular weight is 283 g/mol. The van der Waals surface area contributed by atoms with Crippen molar-refractivity contribution >= 4 is 16.3 Å². The molecule has 0 radical (unpaired) electrons. The summed E-state index contributed by atoms with van der Waals surface area (Å²) in [5.41, 5.74) is 1.14. The summed E-state index contributed by atoms with van der Waals surface area (Å²) in [4.78, 5) is 13.0.